The van der Waals surface area contributed by atoms with E-state index in [0.717, 1.165) is 0 Å². The van der Waals surface area contributed by atoms with Crippen LogP contribution < -0.4 is 5.73 Å². The van der Waals surface area contributed by atoms with Crippen LogP contribution in [0.5, 0.6) is 0 Å². The summed E-state index contributed by atoms with van der Waals surface area (Å²) in [5.41, 5.74) is 5.91. The van der Waals surface area contributed by atoms with Crippen molar-refractivity contribution in [2.75, 3.05) is 27.2 Å². The quantitative estimate of drug-likeness (QED) is 0.792. The second kappa shape index (κ2) is 7.28. The third kappa shape index (κ3) is 4.79. The summed E-state index contributed by atoms with van der Waals surface area (Å²) in [5, 5.41) is 9.09. The van der Waals surface area contributed by atoms with Gasteiger partial charge in [-0.3, -0.25) is 4.79 Å². The van der Waals surface area contributed by atoms with Gasteiger partial charge in [-0.15, -0.1) is 0 Å². The number of carbonyl (C=O) groups is 3. The van der Waals surface area contributed by atoms with Crippen LogP contribution in [0, 0.1) is 0 Å². The van der Waals surface area contributed by atoms with E-state index in [2.05, 4.69) is 0 Å². The SMILES string of the molecule is CN(CCc1ccccc1C(=O)O)C(=O)N(C)CC(N)=O. The Hall–Kier alpha value is -2.57. The normalized spacial score (nSPS) is 10.0. The van der Waals surface area contributed by atoms with Gasteiger partial charge in [0.2, 0.25) is 5.91 Å². The molecule has 0 atom stereocenters. The van der Waals surface area contributed by atoms with Crippen LogP contribution in [-0.2, 0) is 11.2 Å². The standard InChI is InChI=1S/C14H19N3O4/c1-16(14(21)17(2)9-12(15)18)8-7-10-5-3-4-6-11(10)13(19)20/h3-6H,7-9H2,1-2H3,(H2,15,18)(H,19,20). The summed E-state index contributed by atoms with van der Waals surface area (Å²) >= 11 is 0. The van der Waals surface area contributed by atoms with Crippen molar-refractivity contribution in [3.8, 4) is 0 Å². The first-order chi connectivity index (χ1) is 9.82. The van der Waals surface area contributed by atoms with Crippen LogP contribution in [0.3, 0.4) is 0 Å². The average Bonchev–Trinajstić information content (AvgIpc) is 2.43. The number of primary amides is 1. The fourth-order valence-electron chi connectivity index (χ4n) is 1.92. The van der Waals surface area contributed by atoms with E-state index in [1.54, 1.807) is 25.2 Å². The minimum Gasteiger partial charge on any atom is -0.478 e. The number of carboxylic acids is 1. The van der Waals surface area contributed by atoms with Gasteiger partial charge in [-0.1, -0.05) is 18.2 Å². The number of carboxylic acid groups (broad SMARTS) is 1. The highest BCUT2D eigenvalue weighted by Crippen LogP contribution is 2.10. The van der Waals surface area contributed by atoms with E-state index in [-0.39, 0.29) is 18.1 Å². The zero-order chi connectivity index (χ0) is 16.0. The molecule has 114 valence electrons. The Kier molecular flexibility index (Phi) is 5.71. The van der Waals surface area contributed by atoms with E-state index in [1.807, 2.05) is 0 Å². The van der Waals surface area contributed by atoms with Gasteiger partial charge in [0, 0.05) is 20.6 Å². The lowest BCUT2D eigenvalue weighted by Crippen LogP contribution is -2.43. The molecule has 0 aliphatic heterocycles. The topological polar surface area (TPSA) is 104 Å². The molecule has 21 heavy (non-hydrogen) atoms. The highest BCUT2D eigenvalue weighted by atomic mass is 16.4. The summed E-state index contributed by atoms with van der Waals surface area (Å²) in [7, 11) is 3.07. The second-order valence-corrected chi connectivity index (χ2v) is 4.74. The number of carbonyl (C=O) groups excluding carboxylic acids is 2. The first kappa shape index (κ1) is 16.5. The van der Waals surface area contributed by atoms with Gasteiger partial charge in [0.05, 0.1) is 5.56 Å². The maximum absolute atomic E-state index is 11.9. The number of nitrogens with zero attached hydrogens (tertiary/aromatic N) is 2. The number of likely N-dealkylation sites (N-methyl/N-ethyl adjacent to an activating group) is 2. The summed E-state index contributed by atoms with van der Waals surface area (Å²) in [6, 6.07) is 6.31. The molecular weight excluding hydrogens is 274 g/mol. The zero-order valence-electron chi connectivity index (χ0n) is 12.1. The Labute approximate surface area is 122 Å². The number of amides is 3. The van der Waals surface area contributed by atoms with Crippen LogP contribution in [0.25, 0.3) is 0 Å². The lowest BCUT2D eigenvalue weighted by Gasteiger charge is -2.24. The van der Waals surface area contributed by atoms with Crippen molar-refractivity contribution in [2.45, 2.75) is 6.42 Å². The minimum absolute atomic E-state index is 0.158. The molecule has 1 rings (SSSR count). The largest absolute Gasteiger partial charge is 0.478 e. The molecule has 3 amide bonds. The van der Waals surface area contributed by atoms with E-state index in [9.17, 15) is 14.4 Å². The van der Waals surface area contributed by atoms with Crippen molar-refractivity contribution in [1.29, 1.82) is 0 Å². The highest BCUT2D eigenvalue weighted by molar-refractivity contribution is 5.89. The molecule has 0 radical (unpaired) electrons. The Morgan fingerprint density at radius 2 is 1.76 bits per heavy atom. The Balaban J connectivity index is 2.65. The maximum Gasteiger partial charge on any atom is 0.335 e. The van der Waals surface area contributed by atoms with E-state index >= 15 is 0 Å². The summed E-state index contributed by atoms with van der Waals surface area (Å²) in [5.74, 6) is -1.58. The lowest BCUT2D eigenvalue weighted by molar-refractivity contribution is -0.118. The van der Waals surface area contributed by atoms with Crippen LogP contribution >= 0.6 is 0 Å². The Morgan fingerprint density at radius 3 is 2.33 bits per heavy atom. The third-order valence-corrected chi connectivity index (χ3v) is 3.01. The number of aromatic carboxylic acids is 1. The zero-order valence-corrected chi connectivity index (χ0v) is 12.1. The van der Waals surface area contributed by atoms with Crippen molar-refractivity contribution >= 4 is 17.9 Å². The van der Waals surface area contributed by atoms with E-state index in [0.29, 0.717) is 18.5 Å². The predicted molar refractivity (Wildman–Crippen MR) is 77.0 cm³/mol. The predicted octanol–water partition coefficient (Wildman–Crippen LogP) is 0.396. The van der Waals surface area contributed by atoms with Gasteiger partial charge in [0.15, 0.2) is 0 Å². The average molecular weight is 293 g/mol. The number of urea groups is 1. The van der Waals surface area contributed by atoms with Crippen molar-refractivity contribution < 1.29 is 19.5 Å². The molecule has 1 aromatic rings. The Morgan fingerprint density at radius 1 is 1.14 bits per heavy atom. The van der Waals surface area contributed by atoms with E-state index in [1.165, 1.54) is 22.9 Å². The molecule has 0 heterocycles. The van der Waals surface area contributed by atoms with Crippen LogP contribution in [0.4, 0.5) is 4.79 Å². The van der Waals surface area contributed by atoms with Gasteiger partial charge < -0.3 is 20.6 Å². The molecule has 0 fully saturated rings. The van der Waals surface area contributed by atoms with Gasteiger partial charge in [0.25, 0.3) is 0 Å². The molecule has 0 unspecified atom stereocenters. The molecule has 0 aliphatic rings. The van der Waals surface area contributed by atoms with E-state index < -0.39 is 11.9 Å². The number of benzene rings is 1. The summed E-state index contributed by atoms with van der Waals surface area (Å²) in [6.45, 7) is 0.182. The van der Waals surface area contributed by atoms with Crippen LogP contribution in [-0.4, -0.2) is 60.0 Å². The van der Waals surface area contributed by atoms with Crippen molar-refractivity contribution in [3.63, 3.8) is 0 Å². The molecular formula is C14H19N3O4. The van der Waals surface area contributed by atoms with Gasteiger partial charge in [-0.25, -0.2) is 9.59 Å². The maximum atomic E-state index is 11.9. The third-order valence-electron chi connectivity index (χ3n) is 3.01. The number of rotatable bonds is 6. The molecule has 0 aliphatic carbocycles. The highest BCUT2D eigenvalue weighted by Gasteiger charge is 2.16. The fourth-order valence-corrected chi connectivity index (χ4v) is 1.92. The monoisotopic (exact) mass is 293 g/mol. The number of hydrogen-bond acceptors (Lipinski definition) is 3. The van der Waals surface area contributed by atoms with Crippen LogP contribution in [0.15, 0.2) is 24.3 Å². The number of nitrogens with two attached hydrogens (primary N) is 1. The fraction of sp³-hybridized carbons (Fsp3) is 0.357. The van der Waals surface area contributed by atoms with Crippen molar-refractivity contribution in [1.82, 2.24) is 9.80 Å². The molecule has 1 aromatic carbocycles. The van der Waals surface area contributed by atoms with Gasteiger partial charge in [-0.2, -0.15) is 0 Å². The summed E-state index contributed by atoms with van der Waals surface area (Å²) in [6.07, 6.45) is 0.412. The van der Waals surface area contributed by atoms with Crippen molar-refractivity contribution in [2.24, 2.45) is 5.73 Å². The van der Waals surface area contributed by atoms with Crippen molar-refractivity contribution in [3.05, 3.63) is 35.4 Å². The lowest BCUT2D eigenvalue weighted by atomic mass is 10.0. The molecule has 3 N–H and O–H groups in total. The molecule has 0 saturated carbocycles. The minimum atomic E-state index is -0.995. The van der Waals surface area contributed by atoms with E-state index in [4.69, 9.17) is 10.8 Å². The Bertz CT molecular complexity index is 545. The molecule has 0 spiro atoms. The number of hydrogen-bond donors (Lipinski definition) is 2. The smallest absolute Gasteiger partial charge is 0.335 e. The first-order valence-corrected chi connectivity index (χ1v) is 6.38. The van der Waals surface area contributed by atoms with Crippen LogP contribution in [0.2, 0.25) is 0 Å². The van der Waals surface area contributed by atoms with Gasteiger partial charge >= 0.3 is 12.0 Å². The molecule has 7 heteroatoms. The van der Waals surface area contributed by atoms with Gasteiger partial charge in [0.1, 0.15) is 6.54 Å². The first-order valence-electron chi connectivity index (χ1n) is 6.38. The van der Waals surface area contributed by atoms with Crippen LogP contribution in [0.1, 0.15) is 15.9 Å². The summed E-state index contributed by atoms with van der Waals surface area (Å²) < 4.78 is 0. The summed E-state index contributed by atoms with van der Waals surface area (Å²) in [4.78, 5) is 36.4. The second-order valence-electron chi connectivity index (χ2n) is 4.74. The molecule has 0 saturated heterocycles. The molecule has 7 nitrogen and oxygen atoms in total. The molecule has 0 bridgehead atoms. The molecule has 0 aromatic heterocycles. The van der Waals surface area contributed by atoms with Gasteiger partial charge in [-0.05, 0) is 18.1 Å².